The molecule has 126 valence electrons. The molecule has 0 fully saturated rings. The standard InChI is InChI=1S/C19H21NO4/c1-12-7-8-15-13(11-12)14(9-10-24-15)20-19(21)18-16(22-2)5-4-6-17(18)23-3/h4-8,11,14H,9-10H2,1-3H3,(H,20,21). The Balaban J connectivity index is 1.91. The minimum atomic E-state index is -0.219. The van der Waals surface area contributed by atoms with Crippen molar-refractivity contribution in [1.29, 1.82) is 0 Å². The molecule has 0 saturated heterocycles. The van der Waals surface area contributed by atoms with Crippen LogP contribution in [0.1, 0.15) is 33.9 Å². The van der Waals surface area contributed by atoms with Crippen molar-refractivity contribution in [1.82, 2.24) is 5.32 Å². The molecule has 1 amide bonds. The summed E-state index contributed by atoms with van der Waals surface area (Å²) < 4.78 is 16.3. The van der Waals surface area contributed by atoms with Gasteiger partial charge in [-0.15, -0.1) is 0 Å². The Morgan fingerprint density at radius 3 is 2.54 bits per heavy atom. The molecule has 1 heterocycles. The number of benzene rings is 2. The number of fused-ring (bicyclic) bond motifs is 1. The summed E-state index contributed by atoms with van der Waals surface area (Å²) >= 11 is 0. The van der Waals surface area contributed by atoms with Crippen LogP contribution < -0.4 is 19.5 Å². The molecular formula is C19H21NO4. The van der Waals surface area contributed by atoms with Crippen LogP contribution in [0.3, 0.4) is 0 Å². The number of hydrogen-bond acceptors (Lipinski definition) is 4. The highest BCUT2D eigenvalue weighted by Gasteiger charge is 2.26. The number of nitrogens with one attached hydrogen (secondary N) is 1. The summed E-state index contributed by atoms with van der Waals surface area (Å²) in [5.41, 5.74) is 2.54. The highest BCUT2D eigenvalue weighted by atomic mass is 16.5. The molecule has 1 aliphatic rings. The Morgan fingerprint density at radius 1 is 1.17 bits per heavy atom. The second-order valence-electron chi connectivity index (χ2n) is 5.74. The first-order chi connectivity index (χ1) is 11.6. The maximum atomic E-state index is 12.9. The topological polar surface area (TPSA) is 56.8 Å². The fourth-order valence-electron chi connectivity index (χ4n) is 2.97. The van der Waals surface area contributed by atoms with E-state index in [9.17, 15) is 4.79 Å². The molecular weight excluding hydrogens is 306 g/mol. The van der Waals surface area contributed by atoms with Gasteiger partial charge in [0.2, 0.25) is 0 Å². The van der Waals surface area contributed by atoms with Gasteiger partial charge in [-0.2, -0.15) is 0 Å². The monoisotopic (exact) mass is 327 g/mol. The van der Waals surface area contributed by atoms with E-state index in [-0.39, 0.29) is 11.9 Å². The van der Waals surface area contributed by atoms with E-state index in [2.05, 4.69) is 11.4 Å². The molecule has 2 aromatic carbocycles. The zero-order chi connectivity index (χ0) is 17.1. The van der Waals surface area contributed by atoms with Gasteiger partial charge in [0.05, 0.1) is 26.9 Å². The Labute approximate surface area is 141 Å². The van der Waals surface area contributed by atoms with Crippen LogP contribution in [0.4, 0.5) is 0 Å². The van der Waals surface area contributed by atoms with Crippen LogP contribution in [0.2, 0.25) is 0 Å². The molecule has 2 aromatic rings. The Morgan fingerprint density at radius 2 is 1.88 bits per heavy atom. The molecule has 0 radical (unpaired) electrons. The fraction of sp³-hybridized carbons (Fsp3) is 0.316. The molecule has 1 atom stereocenters. The van der Waals surface area contributed by atoms with Gasteiger partial charge in [0.15, 0.2) is 0 Å². The molecule has 3 rings (SSSR count). The number of hydrogen-bond donors (Lipinski definition) is 1. The van der Waals surface area contributed by atoms with Gasteiger partial charge in [-0.05, 0) is 25.1 Å². The van der Waals surface area contributed by atoms with E-state index in [1.807, 2.05) is 19.1 Å². The van der Waals surface area contributed by atoms with Crippen LogP contribution in [0.5, 0.6) is 17.2 Å². The van der Waals surface area contributed by atoms with Crippen molar-refractivity contribution in [3.05, 3.63) is 53.1 Å². The van der Waals surface area contributed by atoms with Crippen LogP contribution in [0.15, 0.2) is 36.4 Å². The second kappa shape index (κ2) is 6.83. The molecule has 0 bridgehead atoms. The fourth-order valence-corrected chi connectivity index (χ4v) is 2.97. The van der Waals surface area contributed by atoms with Gasteiger partial charge in [0, 0.05) is 12.0 Å². The Hall–Kier alpha value is -2.69. The number of aryl methyl sites for hydroxylation is 1. The third-order valence-corrected chi connectivity index (χ3v) is 4.17. The van der Waals surface area contributed by atoms with Crippen LogP contribution in [0.25, 0.3) is 0 Å². The van der Waals surface area contributed by atoms with E-state index < -0.39 is 0 Å². The van der Waals surface area contributed by atoms with Gasteiger partial charge in [-0.3, -0.25) is 4.79 Å². The summed E-state index contributed by atoms with van der Waals surface area (Å²) in [7, 11) is 3.08. The summed E-state index contributed by atoms with van der Waals surface area (Å²) in [5.74, 6) is 1.58. The summed E-state index contributed by atoms with van der Waals surface area (Å²) in [6, 6.07) is 11.2. The highest BCUT2D eigenvalue weighted by molar-refractivity contribution is 6.00. The summed E-state index contributed by atoms with van der Waals surface area (Å²) in [4.78, 5) is 12.9. The lowest BCUT2D eigenvalue weighted by molar-refractivity contribution is 0.0918. The molecule has 5 heteroatoms. The lowest BCUT2D eigenvalue weighted by Crippen LogP contribution is -2.32. The van der Waals surface area contributed by atoms with Crippen molar-refractivity contribution >= 4 is 5.91 Å². The minimum absolute atomic E-state index is 0.101. The van der Waals surface area contributed by atoms with Crippen molar-refractivity contribution in [2.45, 2.75) is 19.4 Å². The summed E-state index contributed by atoms with van der Waals surface area (Å²) in [5, 5.41) is 3.09. The van der Waals surface area contributed by atoms with Crippen molar-refractivity contribution in [3.63, 3.8) is 0 Å². The average Bonchev–Trinajstić information content (AvgIpc) is 2.61. The van der Waals surface area contributed by atoms with Gasteiger partial charge in [-0.1, -0.05) is 23.8 Å². The van der Waals surface area contributed by atoms with Gasteiger partial charge >= 0.3 is 0 Å². The molecule has 0 aromatic heterocycles. The van der Waals surface area contributed by atoms with E-state index >= 15 is 0 Å². The zero-order valence-corrected chi connectivity index (χ0v) is 14.1. The quantitative estimate of drug-likeness (QED) is 0.936. The summed E-state index contributed by atoms with van der Waals surface area (Å²) in [6.07, 6.45) is 0.722. The molecule has 0 saturated carbocycles. The first-order valence-corrected chi connectivity index (χ1v) is 7.89. The third kappa shape index (κ3) is 3.02. The smallest absolute Gasteiger partial charge is 0.259 e. The van der Waals surface area contributed by atoms with E-state index in [0.717, 1.165) is 23.3 Å². The largest absolute Gasteiger partial charge is 0.496 e. The van der Waals surface area contributed by atoms with Crippen LogP contribution in [0, 0.1) is 6.92 Å². The number of carbonyl (C=O) groups is 1. The average molecular weight is 327 g/mol. The Bertz CT molecular complexity index is 735. The van der Waals surface area contributed by atoms with Crippen LogP contribution in [-0.2, 0) is 0 Å². The number of carbonyl (C=O) groups excluding carboxylic acids is 1. The molecule has 1 unspecified atom stereocenters. The highest BCUT2D eigenvalue weighted by Crippen LogP contribution is 2.34. The minimum Gasteiger partial charge on any atom is -0.496 e. The van der Waals surface area contributed by atoms with Crippen molar-refractivity contribution in [3.8, 4) is 17.2 Å². The van der Waals surface area contributed by atoms with Gasteiger partial charge in [0.25, 0.3) is 5.91 Å². The lowest BCUT2D eigenvalue weighted by atomic mass is 9.98. The summed E-state index contributed by atoms with van der Waals surface area (Å²) in [6.45, 7) is 2.60. The van der Waals surface area contributed by atoms with Gasteiger partial charge in [-0.25, -0.2) is 0 Å². The maximum absolute atomic E-state index is 12.9. The molecule has 24 heavy (non-hydrogen) atoms. The van der Waals surface area contributed by atoms with Gasteiger partial charge < -0.3 is 19.5 Å². The van der Waals surface area contributed by atoms with E-state index in [1.165, 1.54) is 0 Å². The first-order valence-electron chi connectivity index (χ1n) is 7.89. The predicted octanol–water partition coefficient (Wildman–Crippen LogP) is 3.27. The number of ether oxygens (including phenoxy) is 3. The molecule has 1 aliphatic heterocycles. The van der Waals surface area contributed by atoms with Crippen LogP contribution >= 0.6 is 0 Å². The predicted molar refractivity (Wildman–Crippen MR) is 91.0 cm³/mol. The molecule has 5 nitrogen and oxygen atoms in total. The SMILES string of the molecule is COc1cccc(OC)c1C(=O)NC1CCOc2ccc(C)cc21. The molecule has 0 aliphatic carbocycles. The number of methoxy groups -OCH3 is 2. The Kier molecular flexibility index (Phi) is 4.60. The van der Waals surface area contributed by atoms with E-state index in [1.54, 1.807) is 32.4 Å². The zero-order valence-electron chi connectivity index (χ0n) is 14.1. The third-order valence-electron chi connectivity index (χ3n) is 4.17. The van der Waals surface area contributed by atoms with Crippen LogP contribution in [-0.4, -0.2) is 26.7 Å². The van der Waals surface area contributed by atoms with E-state index in [4.69, 9.17) is 14.2 Å². The second-order valence-corrected chi connectivity index (χ2v) is 5.74. The normalized spacial score (nSPS) is 15.9. The first kappa shape index (κ1) is 16.2. The van der Waals surface area contributed by atoms with Crippen molar-refractivity contribution in [2.24, 2.45) is 0 Å². The maximum Gasteiger partial charge on any atom is 0.259 e. The number of amides is 1. The van der Waals surface area contributed by atoms with E-state index in [0.29, 0.717) is 23.7 Å². The lowest BCUT2D eigenvalue weighted by Gasteiger charge is -2.27. The molecule has 0 spiro atoms. The van der Waals surface area contributed by atoms with Gasteiger partial charge in [0.1, 0.15) is 22.8 Å². The van der Waals surface area contributed by atoms with Crippen molar-refractivity contribution in [2.75, 3.05) is 20.8 Å². The molecule has 1 N–H and O–H groups in total. The number of rotatable bonds is 4. The van der Waals surface area contributed by atoms with Crippen molar-refractivity contribution < 1.29 is 19.0 Å².